The van der Waals surface area contributed by atoms with Crippen molar-refractivity contribution in [3.8, 4) is 0 Å². The van der Waals surface area contributed by atoms with E-state index in [9.17, 15) is 0 Å². The van der Waals surface area contributed by atoms with Crippen LogP contribution in [0.5, 0.6) is 0 Å². The van der Waals surface area contributed by atoms with Crippen LogP contribution in [0.2, 0.25) is 0 Å². The molecule has 2 aromatic rings. The SMILES string of the molecule is Cc1cccc(CC(N)Cc2ccnc(N)c2)c1. The maximum atomic E-state index is 6.18. The highest BCUT2D eigenvalue weighted by atomic mass is 14.8. The van der Waals surface area contributed by atoms with Crippen LogP contribution < -0.4 is 11.5 Å². The Labute approximate surface area is 108 Å². The quantitative estimate of drug-likeness (QED) is 0.861. The van der Waals surface area contributed by atoms with E-state index in [2.05, 4.69) is 36.2 Å². The zero-order chi connectivity index (χ0) is 13.0. The van der Waals surface area contributed by atoms with E-state index in [1.54, 1.807) is 6.20 Å². The Morgan fingerprint density at radius 2 is 1.83 bits per heavy atom. The first-order valence-electron chi connectivity index (χ1n) is 6.15. The van der Waals surface area contributed by atoms with E-state index in [1.807, 2.05) is 12.1 Å². The van der Waals surface area contributed by atoms with E-state index in [-0.39, 0.29) is 6.04 Å². The molecule has 0 fully saturated rings. The van der Waals surface area contributed by atoms with Gasteiger partial charge in [-0.25, -0.2) is 4.98 Å². The van der Waals surface area contributed by atoms with Gasteiger partial charge in [0.2, 0.25) is 0 Å². The number of anilines is 1. The fraction of sp³-hybridized carbons (Fsp3) is 0.267. The predicted octanol–water partition coefficient (Wildman–Crippen LogP) is 2.08. The van der Waals surface area contributed by atoms with Crippen LogP contribution >= 0.6 is 0 Å². The van der Waals surface area contributed by atoms with Gasteiger partial charge in [0, 0.05) is 12.2 Å². The Bertz CT molecular complexity index is 475. The van der Waals surface area contributed by atoms with Gasteiger partial charge in [-0.05, 0) is 43.0 Å². The summed E-state index contributed by atoms with van der Waals surface area (Å²) in [6, 6.07) is 12.4. The molecule has 3 heteroatoms. The lowest BCUT2D eigenvalue weighted by atomic mass is 9.99. The maximum Gasteiger partial charge on any atom is 0.123 e. The van der Waals surface area contributed by atoms with E-state index in [0.29, 0.717) is 5.82 Å². The molecular weight excluding hydrogens is 222 g/mol. The number of benzene rings is 1. The number of rotatable bonds is 4. The number of nitrogens with zero attached hydrogens (tertiary/aromatic N) is 1. The van der Waals surface area contributed by atoms with Gasteiger partial charge in [0.25, 0.3) is 0 Å². The normalized spacial score (nSPS) is 12.3. The highest BCUT2D eigenvalue weighted by Gasteiger charge is 2.06. The first kappa shape index (κ1) is 12.6. The molecule has 0 bridgehead atoms. The summed E-state index contributed by atoms with van der Waals surface area (Å²) in [5.74, 6) is 0.551. The minimum atomic E-state index is 0.105. The molecule has 1 aromatic heterocycles. The van der Waals surface area contributed by atoms with Crippen molar-refractivity contribution in [3.05, 3.63) is 59.3 Å². The van der Waals surface area contributed by atoms with Gasteiger partial charge >= 0.3 is 0 Å². The molecule has 1 aromatic carbocycles. The van der Waals surface area contributed by atoms with Gasteiger partial charge in [-0.1, -0.05) is 29.8 Å². The molecule has 18 heavy (non-hydrogen) atoms. The first-order valence-corrected chi connectivity index (χ1v) is 6.15. The van der Waals surface area contributed by atoms with E-state index < -0.39 is 0 Å². The standard InChI is InChI=1S/C15H19N3/c1-11-3-2-4-12(7-11)8-14(16)9-13-5-6-18-15(17)10-13/h2-7,10,14H,8-9,16H2,1H3,(H2,17,18). The molecule has 0 aliphatic carbocycles. The number of nitrogens with two attached hydrogens (primary N) is 2. The second kappa shape index (κ2) is 5.65. The van der Waals surface area contributed by atoms with Crippen LogP contribution in [0.15, 0.2) is 42.6 Å². The van der Waals surface area contributed by atoms with Gasteiger partial charge in [-0.3, -0.25) is 0 Å². The Hall–Kier alpha value is -1.87. The van der Waals surface area contributed by atoms with Crippen molar-refractivity contribution in [2.75, 3.05) is 5.73 Å². The van der Waals surface area contributed by atoms with Crippen LogP contribution in [-0.2, 0) is 12.8 Å². The smallest absolute Gasteiger partial charge is 0.123 e. The summed E-state index contributed by atoms with van der Waals surface area (Å²) in [5.41, 5.74) is 15.5. The van der Waals surface area contributed by atoms with Crippen molar-refractivity contribution in [1.82, 2.24) is 4.98 Å². The molecule has 0 aliphatic heterocycles. The fourth-order valence-electron chi connectivity index (χ4n) is 2.14. The van der Waals surface area contributed by atoms with Gasteiger partial charge in [0.15, 0.2) is 0 Å². The van der Waals surface area contributed by atoms with Crippen LogP contribution in [0.3, 0.4) is 0 Å². The Kier molecular flexibility index (Phi) is 3.95. The highest BCUT2D eigenvalue weighted by Crippen LogP contribution is 2.10. The molecule has 0 saturated carbocycles. The monoisotopic (exact) mass is 241 g/mol. The van der Waals surface area contributed by atoms with Gasteiger partial charge in [-0.15, -0.1) is 0 Å². The van der Waals surface area contributed by atoms with Crippen LogP contribution in [-0.4, -0.2) is 11.0 Å². The number of pyridine rings is 1. The van der Waals surface area contributed by atoms with E-state index >= 15 is 0 Å². The number of nitrogen functional groups attached to an aromatic ring is 1. The third-order valence-electron chi connectivity index (χ3n) is 2.92. The Balaban J connectivity index is 1.98. The molecule has 0 aliphatic rings. The third-order valence-corrected chi connectivity index (χ3v) is 2.92. The van der Waals surface area contributed by atoms with Crippen LogP contribution in [0.1, 0.15) is 16.7 Å². The number of aryl methyl sites for hydroxylation is 1. The average molecular weight is 241 g/mol. The van der Waals surface area contributed by atoms with Crippen molar-refractivity contribution in [2.45, 2.75) is 25.8 Å². The van der Waals surface area contributed by atoms with Gasteiger partial charge < -0.3 is 11.5 Å². The van der Waals surface area contributed by atoms with Crippen LogP contribution in [0.25, 0.3) is 0 Å². The average Bonchev–Trinajstić information content (AvgIpc) is 2.28. The molecule has 0 spiro atoms. The molecule has 4 N–H and O–H groups in total. The third kappa shape index (κ3) is 3.57. The predicted molar refractivity (Wildman–Crippen MR) is 75.2 cm³/mol. The molecule has 1 unspecified atom stereocenters. The van der Waals surface area contributed by atoms with Crippen LogP contribution in [0, 0.1) is 6.92 Å². The minimum Gasteiger partial charge on any atom is -0.384 e. The molecule has 0 saturated heterocycles. The molecule has 1 heterocycles. The van der Waals surface area contributed by atoms with E-state index in [4.69, 9.17) is 11.5 Å². The topological polar surface area (TPSA) is 64.9 Å². The molecule has 94 valence electrons. The Morgan fingerprint density at radius 3 is 2.50 bits per heavy atom. The molecule has 3 nitrogen and oxygen atoms in total. The lowest BCUT2D eigenvalue weighted by Crippen LogP contribution is -2.25. The summed E-state index contributed by atoms with van der Waals surface area (Å²) in [6.07, 6.45) is 3.43. The summed E-state index contributed by atoms with van der Waals surface area (Å²) in [5, 5.41) is 0. The van der Waals surface area contributed by atoms with Gasteiger partial charge in [0.05, 0.1) is 0 Å². The summed E-state index contributed by atoms with van der Waals surface area (Å²) in [6.45, 7) is 2.10. The number of hydrogen-bond acceptors (Lipinski definition) is 3. The molecule has 1 atom stereocenters. The van der Waals surface area contributed by atoms with Crippen molar-refractivity contribution in [3.63, 3.8) is 0 Å². The summed E-state index contributed by atoms with van der Waals surface area (Å²) < 4.78 is 0. The lowest BCUT2D eigenvalue weighted by molar-refractivity contribution is 0.664. The highest BCUT2D eigenvalue weighted by molar-refractivity contribution is 5.32. The van der Waals surface area contributed by atoms with Gasteiger partial charge in [-0.2, -0.15) is 0 Å². The van der Waals surface area contributed by atoms with Crippen molar-refractivity contribution < 1.29 is 0 Å². The lowest BCUT2D eigenvalue weighted by Gasteiger charge is -2.12. The zero-order valence-corrected chi connectivity index (χ0v) is 10.6. The fourth-order valence-corrected chi connectivity index (χ4v) is 2.14. The molecule has 2 rings (SSSR count). The minimum absolute atomic E-state index is 0.105. The van der Waals surface area contributed by atoms with E-state index in [1.165, 1.54) is 11.1 Å². The molecule has 0 amide bonds. The zero-order valence-electron chi connectivity index (χ0n) is 10.6. The van der Waals surface area contributed by atoms with Crippen molar-refractivity contribution in [2.24, 2.45) is 5.73 Å². The molecule has 0 radical (unpaired) electrons. The number of hydrogen-bond donors (Lipinski definition) is 2. The summed E-state index contributed by atoms with van der Waals surface area (Å²) >= 11 is 0. The first-order chi connectivity index (χ1) is 8.63. The van der Waals surface area contributed by atoms with Gasteiger partial charge in [0.1, 0.15) is 5.82 Å². The second-order valence-electron chi connectivity index (χ2n) is 4.75. The van der Waals surface area contributed by atoms with Crippen LogP contribution in [0.4, 0.5) is 5.82 Å². The summed E-state index contributed by atoms with van der Waals surface area (Å²) in [7, 11) is 0. The maximum absolute atomic E-state index is 6.18. The largest absolute Gasteiger partial charge is 0.384 e. The number of aromatic nitrogens is 1. The molecular formula is C15H19N3. The Morgan fingerprint density at radius 1 is 1.11 bits per heavy atom. The van der Waals surface area contributed by atoms with E-state index in [0.717, 1.165) is 18.4 Å². The van der Waals surface area contributed by atoms with Crippen molar-refractivity contribution >= 4 is 5.82 Å². The van der Waals surface area contributed by atoms with Crippen molar-refractivity contribution in [1.29, 1.82) is 0 Å². The summed E-state index contributed by atoms with van der Waals surface area (Å²) in [4.78, 5) is 3.98. The second-order valence-corrected chi connectivity index (χ2v) is 4.75.